The van der Waals surface area contributed by atoms with Crippen molar-refractivity contribution >= 4 is 23.4 Å². The van der Waals surface area contributed by atoms with E-state index in [0.717, 1.165) is 11.7 Å². The molecule has 1 aromatic heterocycles. The average Bonchev–Trinajstić information content (AvgIpc) is 2.65. The molecule has 82 valence electrons. The minimum atomic E-state index is 0.455. The second-order valence-corrected chi connectivity index (χ2v) is 4.95. The van der Waals surface area contributed by atoms with E-state index in [-0.39, 0.29) is 0 Å². The highest BCUT2D eigenvalue weighted by atomic mass is 32.2. The first-order chi connectivity index (χ1) is 7.24. The molecule has 0 amide bonds. The Balaban J connectivity index is 1.92. The van der Waals surface area contributed by atoms with Crippen molar-refractivity contribution in [3.63, 3.8) is 0 Å². The highest BCUT2D eigenvalue weighted by Crippen LogP contribution is 2.30. The predicted octanol–water partition coefficient (Wildman–Crippen LogP) is 1.92. The summed E-state index contributed by atoms with van der Waals surface area (Å²) in [6.45, 7) is 0. The second-order valence-electron chi connectivity index (χ2n) is 3.96. The Morgan fingerprint density at radius 1 is 1.20 bits per heavy atom. The van der Waals surface area contributed by atoms with Gasteiger partial charge < -0.3 is 11.5 Å². The van der Waals surface area contributed by atoms with Crippen LogP contribution in [0.25, 0.3) is 0 Å². The lowest BCUT2D eigenvalue weighted by Crippen LogP contribution is -2.02. The zero-order valence-electron chi connectivity index (χ0n) is 8.65. The molecule has 0 atom stereocenters. The molecule has 1 heterocycles. The molecule has 0 bridgehead atoms. The van der Waals surface area contributed by atoms with E-state index in [1.165, 1.54) is 25.7 Å². The molecule has 0 spiro atoms. The van der Waals surface area contributed by atoms with Gasteiger partial charge in [0.25, 0.3) is 0 Å². The third kappa shape index (κ3) is 2.99. The van der Waals surface area contributed by atoms with E-state index in [4.69, 9.17) is 11.5 Å². The minimum absolute atomic E-state index is 0.455. The number of nitrogen functional groups attached to an aromatic ring is 2. The fourth-order valence-corrected chi connectivity index (χ4v) is 2.95. The van der Waals surface area contributed by atoms with E-state index in [0.29, 0.717) is 16.8 Å². The van der Waals surface area contributed by atoms with Crippen LogP contribution in [0, 0.1) is 5.92 Å². The van der Waals surface area contributed by atoms with Crippen LogP contribution in [0.3, 0.4) is 0 Å². The van der Waals surface area contributed by atoms with Crippen molar-refractivity contribution in [3.05, 3.63) is 6.07 Å². The van der Waals surface area contributed by atoms with E-state index in [1.807, 2.05) is 0 Å². The van der Waals surface area contributed by atoms with Crippen LogP contribution >= 0.6 is 11.8 Å². The number of hydrogen-bond acceptors (Lipinski definition) is 5. The van der Waals surface area contributed by atoms with Crippen molar-refractivity contribution in [2.75, 3.05) is 17.2 Å². The van der Waals surface area contributed by atoms with Crippen molar-refractivity contribution < 1.29 is 0 Å². The van der Waals surface area contributed by atoms with Gasteiger partial charge in [-0.05, 0) is 18.8 Å². The van der Waals surface area contributed by atoms with Crippen molar-refractivity contribution in [2.45, 2.75) is 30.8 Å². The second kappa shape index (κ2) is 4.70. The Morgan fingerprint density at radius 3 is 2.40 bits per heavy atom. The van der Waals surface area contributed by atoms with Crippen LogP contribution < -0.4 is 11.5 Å². The van der Waals surface area contributed by atoms with Crippen LogP contribution in [0.5, 0.6) is 0 Å². The van der Waals surface area contributed by atoms with Crippen molar-refractivity contribution in [1.82, 2.24) is 9.97 Å². The Kier molecular flexibility index (Phi) is 3.30. The maximum atomic E-state index is 5.60. The molecule has 0 saturated heterocycles. The van der Waals surface area contributed by atoms with Gasteiger partial charge in [0.15, 0.2) is 5.16 Å². The lowest BCUT2D eigenvalue weighted by Gasteiger charge is -2.07. The summed E-state index contributed by atoms with van der Waals surface area (Å²) >= 11 is 1.66. The van der Waals surface area contributed by atoms with Crippen LogP contribution in [0.4, 0.5) is 11.6 Å². The lowest BCUT2D eigenvalue weighted by molar-refractivity contribution is 0.622. The van der Waals surface area contributed by atoms with Gasteiger partial charge in [0, 0.05) is 11.8 Å². The standard InChI is InChI=1S/C10H16N4S/c11-8-5-9(12)14-10(13-8)15-6-7-3-1-2-4-7/h5,7H,1-4,6H2,(H4,11,12,13,14). The van der Waals surface area contributed by atoms with Gasteiger partial charge in [0.2, 0.25) is 0 Å². The van der Waals surface area contributed by atoms with Crippen LogP contribution in [0.2, 0.25) is 0 Å². The molecule has 2 rings (SSSR count). The van der Waals surface area contributed by atoms with Crippen LogP contribution in [-0.4, -0.2) is 15.7 Å². The first-order valence-corrected chi connectivity index (χ1v) is 6.25. The largest absolute Gasteiger partial charge is 0.383 e. The maximum Gasteiger partial charge on any atom is 0.191 e. The number of aromatic nitrogens is 2. The Labute approximate surface area is 93.9 Å². The average molecular weight is 224 g/mol. The lowest BCUT2D eigenvalue weighted by atomic mass is 10.1. The highest BCUT2D eigenvalue weighted by molar-refractivity contribution is 7.99. The molecule has 15 heavy (non-hydrogen) atoms. The summed E-state index contributed by atoms with van der Waals surface area (Å²) in [7, 11) is 0. The molecular weight excluding hydrogens is 208 g/mol. The van der Waals surface area contributed by atoms with Gasteiger partial charge in [-0.1, -0.05) is 24.6 Å². The Morgan fingerprint density at radius 2 is 1.80 bits per heavy atom. The van der Waals surface area contributed by atoms with E-state index in [2.05, 4.69) is 9.97 Å². The molecule has 1 aliphatic rings. The Hall–Kier alpha value is -0.970. The number of nitrogens with two attached hydrogens (primary N) is 2. The molecule has 0 aliphatic heterocycles. The molecule has 5 heteroatoms. The maximum absolute atomic E-state index is 5.60. The fraction of sp³-hybridized carbons (Fsp3) is 0.600. The zero-order valence-corrected chi connectivity index (χ0v) is 9.46. The number of rotatable bonds is 3. The summed E-state index contributed by atoms with van der Waals surface area (Å²) < 4.78 is 0. The molecule has 0 unspecified atom stereocenters. The van der Waals surface area contributed by atoms with Gasteiger partial charge in [0.05, 0.1) is 0 Å². The highest BCUT2D eigenvalue weighted by Gasteiger charge is 2.15. The third-order valence-electron chi connectivity index (χ3n) is 2.67. The monoisotopic (exact) mass is 224 g/mol. The summed E-state index contributed by atoms with van der Waals surface area (Å²) in [4.78, 5) is 8.29. The molecular formula is C10H16N4S. The first-order valence-electron chi connectivity index (χ1n) is 5.27. The summed E-state index contributed by atoms with van der Waals surface area (Å²) in [6.07, 6.45) is 5.41. The summed E-state index contributed by atoms with van der Waals surface area (Å²) in [5.74, 6) is 2.82. The fourth-order valence-electron chi connectivity index (χ4n) is 1.90. The first kappa shape index (κ1) is 10.5. The third-order valence-corrected chi connectivity index (χ3v) is 3.75. The van der Waals surface area contributed by atoms with E-state index >= 15 is 0 Å². The van der Waals surface area contributed by atoms with Crippen molar-refractivity contribution in [1.29, 1.82) is 0 Å². The van der Waals surface area contributed by atoms with Gasteiger partial charge in [-0.15, -0.1) is 0 Å². The number of hydrogen-bond donors (Lipinski definition) is 2. The molecule has 1 saturated carbocycles. The molecule has 4 nitrogen and oxygen atoms in total. The van der Waals surface area contributed by atoms with Crippen LogP contribution in [-0.2, 0) is 0 Å². The summed E-state index contributed by atoms with van der Waals surface area (Å²) in [6, 6.07) is 1.58. The van der Waals surface area contributed by atoms with Crippen LogP contribution in [0.15, 0.2) is 11.2 Å². The molecule has 0 radical (unpaired) electrons. The SMILES string of the molecule is Nc1cc(N)nc(SCC2CCCC2)n1. The number of thioether (sulfide) groups is 1. The van der Waals surface area contributed by atoms with Gasteiger partial charge in [-0.25, -0.2) is 9.97 Å². The number of anilines is 2. The van der Waals surface area contributed by atoms with Crippen molar-refractivity contribution in [2.24, 2.45) is 5.92 Å². The Bertz CT molecular complexity index is 316. The topological polar surface area (TPSA) is 77.8 Å². The van der Waals surface area contributed by atoms with Crippen molar-refractivity contribution in [3.8, 4) is 0 Å². The summed E-state index contributed by atoms with van der Waals surface area (Å²) in [5, 5.41) is 0.708. The van der Waals surface area contributed by atoms with E-state index in [1.54, 1.807) is 17.8 Å². The van der Waals surface area contributed by atoms with Crippen LogP contribution in [0.1, 0.15) is 25.7 Å². The molecule has 1 aliphatic carbocycles. The smallest absolute Gasteiger partial charge is 0.191 e. The predicted molar refractivity (Wildman–Crippen MR) is 63.5 cm³/mol. The van der Waals surface area contributed by atoms with Gasteiger partial charge in [-0.3, -0.25) is 0 Å². The normalized spacial score (nSPS) is 17.1. The van der Waals surface area contributed by atoms with Gasteiger partial charge in [-0.2, -0.15) is 0 Å². The number of nitrogens with zero attached hydrogens (tertiary/aromatic N) is 2. The van der Waals surface area contributed by atoms with E-state index in [9.17, 15) is 0 Å². The molecule has 0 aromatic carbocycles. The summed E-state index contributed by atoms with van der Waals surface area (Å²) in [5.41, 5.74) is 11.2. The van der Waals surface area contributed by atoms with Gasteiger partial charge in [0.1, 0.15) is 11.6 Å². The minimum Gasteiger partial charge on any atom is -0.383 e. The molecule has 1 aromatic rings. The molecule has 1 fully saturated rings. The van der Waals surface area contributed by atoms with E-state index < -0.39 is 0 Å². The quantitative estimate of drug-likeness (QED) is 0.606. The zero-order chi connectivity index (χ0) is 10.7. The molecule has 4 N–H and O–H groups in total. The van der Waals surface area contributed by atoms with Gasteiger partial charge >= 0.3 is 0 Å².